The Morgan fingerprint density at radius 3 is 2.46 bits per heavy atom. The summed E-state index contributed by atoms with van der Waals surface area (Å²) in [5.41, 5.74) is -0.725. The molecule has 9 nitrogen and oxygen atoms in total. The number of carbonyl (C=O) groups excluding carboxylic acids is 1. The zero-order chi connectivity index (χ0) is 24.9. The Bertz CT molecular complexity index is 1270. The number of hydrogen-bond acceptors (Lipinski definition) is 6. The SMILES string of the molecule is O=C(O)c1ccc(NC(=O)C(CC2CCCC2)n2ncc(Oc3c(F)cccc3F)cc2=O)nc1. The molecule has 1 aliphatic rings. The summed E-state index contributed by atoms with van der Waals surface area (Å²) in [5, 5.41) is 15.7. The number of nitrogens with zero attached hydrogens (tertiary/aromatic N) is 3. The van der Waals surface area contributed by atoms with Gasteiger partial charge in [-0.2, -0.15) is 5.10 Å². The molecule has 1 unspecified atom stereocenters. The number of benzene rings is 1. The molecule has 2 aromatic heterocycles. The van der Waals surface area contributed by atoms with Crippen molar-refractivity contribution < 1.29 is 28.2 Å². The lowest BCUT2D eigenvalue weighted by atomic mass is 9.98. The number of carbonyl (C=O) groups is 2. The molecule has 1 aromatic carbocycles. The molecule has 1 fully saturated rings. The van der Waals surface area contributed by atoms with Crippen molar-refractivity contribution in [2.75, 3.05) is 5.32 Å². The molecule has 4 rings (SSSR count). The average molecular weight is 484 g/mol. The van der Waals surface area contributed by atoms with Crippen molar-refractivity contribution in [1.29, 1.82) is 0 Å². The minimum Gasteiger partial charge on any atom is -0.478 e. The van der Waals surface area contributed by atoms with Gasteiger partial charge in [0.05, 0.1) is 11.8 Å². The van der Waals surface area contributed by atoms with Crippen molar-refractivity contribution in [1.82, 2.24) is 14.8 Å². The van der Waals surface area contributed by atoms with E-state index < -0.39 is 40.9 Å². The molecular weight excluding hydrogens is 462 g/mol. The predicted octanol–water partition coefficient (Wildman–Crippen LogP) is 4.17. The first-order chi connectivity index (χ1) is 16.8. The number of carboxylic acids is 1. The summed E-state index contributed by atoms with van der Waals surface area (Å²) in [6, 6.07) is 5.90. The molecule has 1 aliphatic carbocycles. The van der Waals surface area contributed by atoms with Gasteiger partial charge in [0.2, 0.25) is 0 Å². The van der Waals surface area contributed by atoms with Crippen LogP contribution < -0.4 is 15.6 Å². The van der Waals surface area contributed by atoms with Crippen molar-refractivity contribution in [3.8, 4) is 11.5 Å². The lowest BCUT2D eigenvalue weighted by Crippen LogP contribution is -2.36. The van der Waals surface area contributed by atoms with Gasteiger partial charge in [-0.05, 0) is 36.6 Å². The lowest BCUT2D eigenvalue weighted by molar-refractivity contribution is -0.120. The standard InChI is InChI=1S/C24H22F2N4O5/c25-17-6-3-7-18(26)22(17)35-16-11-21(31)30(28-13-16)19(10-14-4-1-2-5-14)23(32)29-20-9-8-15(12-27-20)24(33)34/h3,6-9,11-14,19H,1-2,4-5,10H2,(H,33,34)(H,27,29,32). The van der Waals surface area contributed by atoms with Crippen LogP contribution in [0.5, 0.6) is 11.5 Å². The van der Waals surface area contributed by atoms with Crippen LogP contribution in [-0.4, -0.2) is 31.7 Å². The number of amides is 1. The number of carboxylic acid groups (broad SMARTS) is 1. The van der Waals surface area contributed by atoms with E-state index in [4.69, 9.17) is 9.84 Å². The highest BCUT2D eigenvalue weighted by molar-refractivity contribution is 5.93. The summed E-state index contributed by atoms with van der Waals surface area (Å²) in [7, 11) is 0. The summed E-state index contributed by atoms with van der Waals surface area (Å²) in [6.45, 7) is 0. The monoisotopic (exact) mass is 484 g/mol. The van der Waals surface area contributed by atoms with Gasteiger partial charge in [0.1, 0.15) is 11.9 Å². The Labute approximate surface area is 198 Å². The van der Waals surface area contributed by atoms with Gasteiger partial charge in [0.25, 0.3) is 11.5 Å². The number of para-hydroxylation sites is 1. The second-order valence-corrected chi connectivity index (χ2v) is 8.26. The van der Waals surface area contributed by atoms with E-state index in [1.165, 1.54) is 18.2 Å². The van der Waals surface area contributed by atoms with E-state index in [2.05, 4.69) is 15.4 Å². The number of aromatic nitrogens is 3. The molecule has 2 heterocycles. The zero-order valence-corrected chi connectivity index (χ0v) is 18.5. The molecule has 11 heteroatoms. The Kier molecular flexibility index (Phi) is 7.14. The lowest BCUT2D eigenvalue weighted by Gasteiger charge is -2.21. The van der Waals surface area contributed by atoms with Crippen molar-refractivity contribution in [2.45, 2.75) is 38.1 Å². The number of ether oxygens (including phenoxy) is 1. The van der Waals surface area contributed by atoms with E-state index in [-0.39, 0.29) is 23.0 Å². The number of aromatic carboxylic acids is 1. The fourth-order valence-electron chi connectivity index (χ4n) is 4.07. The van der Waals surface area contributed by atoms with E-state index in [1.807, 2.05) is 0 Å². The Balaban J connectivity index is 1.58. The normalized spacial score (nSPS) is 14.5. The highest BCUT2D eigenvalue weighted by atomic mass is 19.1. The molecule has 1 atom stereocenters. The van der Waals surface area contributed by atoms with Crippen molar-refractivity contribution in [3.63, 3.8) is 0 Å². The Morgan fingerprint density at radius 2 is 1.86 bits per heavy atom. The first-order valence-corrected chi connectivity index (χ1v) is 11.0. The predicted molar refractivity (Wildman–Crippen MR) is 120 cm³/mol. The first kappa shape index (κ1) is 24.0. The quantitative estimate of drug-likeness (QED) is 0.492. The largest absolute Gasteiger partial charge is 0.478 e. The van der Waals surface area contributed by atoms with Gasteiger partial charge in [0, 0.05) is 12.3 Å². The molecule has 0 saturated heterocycles. The second-order valence-electron chi connectivity index (χ2n) is 8.26. The number of halogens is 2. The van der Waals surface area contributed by atoms with Crippen LogP contribution in [0.4, 0.5) is 14.6 Å². The number of pyridine rings is 1. The molecular formula is C24H22F2N4O5. The number of rotatable bonds is 8. The highest BCUT2D eigenvalue weighted by Crippen LogP contribution is 2.32. The van der Waals surface area contributed by atoms with E-state index in [9.17, 15) is 23.2 Å². The third kappa shape index (κ3) is 5.68. The van der Waals surface area contributed by atoms with Crippen LogP contribution in [0.25, 0.3) is 0 Å². The minimum absolute atomic E-state index is 0.0368. The van der Waals surface area contributed by atoms with Gasteiger partial charge >= 0.3 is 5.97 Å². The van der Waals surface area contributed by atoms with E-state index >= 15 is 0 Å². The van der Waals surface area contributed by atoms with Crippen LogP contribution in [0, 0.1) is 17.6 Å². The first-order valence-electron chi connectivity index (χ1n) is 11.0. The van der Waals surface area contributed by atoms with Gasteiger partial charge in [-0.3, -0.25) is 9.59 Å². The van der Waals surface area contributed by atoms with Gasteiger partial charge < -0.3 is 15.2 Å². The molecule has 3 aromatic rings. The topological polar surface area (TPSA) is 123 Å². The van der Waals surface area contributed by atoms with Gasteiger partial charge in [-0.25, -0.2) is 23.2 Å². The van der Waals surface area contributed by atoms with Crippen molar-refractivity contribution in [2.24, 2.45) is 5.92 Å². The van der Waals surface area contributed by atoms with E-state index in [0.29, 0.717) is 6.42 Å². The smallest absolute Gasteiger partial charge is 0.337 e. The molecule has 2 N–H and O–H groups in total. The van der Waals surface area contributed by atoms with E-state index in [0.717, 1.165) is 61.0 Å². The fraction of sp³-hybridized carbons (Fsp3) is 0.292. The minimum atomic E-state index is -1.15. The Hall–Kier alpha value is -4.15. The maximum Gasteiger partial charge on any atom is 0.337 e. The fourth-order valence-corrected chi connectivity index (χ4v) is 4.07. The van der Waals surface area contributed by atoms with Crippen molar-refractivity contribution in [3.05, 3.63) is 76.3 Å². The van der Waals surface area contributed by atoms with Gasteiger partial charge in [0.15, 0.2) is 23.1 Å². The third-order valence-electron chi connectivity index (χ3n) is 5.83. The summed E-state index contributed by atoms with van der Waals surface area (Å²) in [4.78, 5) is 41.0. The summed E-state index contributed by atoms with van der Waals surface area (Å²) >= 11 is 0. The summed E-state index contributed by atoms with van der Waals surface area (Å²) < 4.78 is 34.0. The molecule has 1 saturated carbocycles. The van der Waals surface area contributed by atoms with Gasteiger partial charge in [-0.15, -0.1) is 0 Å². The third-order valence-corrected chi connectivity index (χ3v) is 5.83. The number of hydrogen-bond donors (Lipinski definition) is 2. The van der Waals surface area contributed by atoms with Crippen LogP contribution in [0.1, 0.15) is 48.5 Å². The van der Waals surface area contributed by atoms with Crippen LogP contribution in [0.3, 0.4) is 0 Å². The molecule has 0 spiro atoms. The van der Waals surface area contributed by atoms with Gasteiger partial charge in [-0.1, -0.05) is 31.7 Å². The number of nitrogens with one attached hydrogen (secondary N) is 1. The van der Waals surface area contributed by atoms with Crippen molar-refractivity contribution >= 4 is 17.7 Å². The van der Waals surface area contributed by atoms with E-state index in [1.54, 1.807) is 0 Å². The molecule has 0 aliphatic heterocycles. The number of anilines is 1. The molecule has 182 valence electrons. The van der Waals surface area contributed by atoms with Crippen LogP contribution in [-0.2, 0) is 4.79 Å². The van der Waals surface area contributed by atoms with Crippen LogP contribution >= 0.6 is 0 Å². The maximum atomic E-state index is 13.9. The maximum absolute atomic E-state index is 13.9. The molecule has 1 amide bonds. The van der Waals surface area contributed by atoms with Crippen LogP contribution in [0.15, 0.2) is 53.6 Å². The zero-order valence-electron chi connectivity index (χ0n) is 18.5. The molecule has 35 heavy (non-hydrogen) atoms. The summed E-state index contributed by atoms with van der Waals surface area (Å²) in [6.07, 6.45) is 6.47. The average Bonchev–Trinajstić information content (AvgIpc) is 3.34. The van der Waals surface area contributed by atoms with Crippen LogP contribution in [0.2, 0.25) is 0 Å². The highest BCUT2D eigenvalue weighted by Gasteiger charge is 2.29. The summed E-state index contributed by atoms with van der Waals surface area (Å²) in [5.74, 6) is -4.07. The second kappa shape index (κ2) is 10.4. The Morgan fingerprint density at radius 1 is 1.14 bits per heavy atom. The molecule has 0 bridgehead atoms. The molecule has 0 radical (unpaired) electrons.